The summed E-state index contributed by atoms with van der Waals surface area (Å²) < 4.78 is 0. The average molecular weight is 468 g/mol. The molecule has 0 spiro atoms. The smallest absolute Gasteiger partial charge is 0.255 e. The number of hydrogen-bond donors (Lipinski definition) is 2. The van der Waals surface area contributed by atoms with Crippen LogP contribution in [-0.4, -0.2) is 31.4 Å². The lowest BCUT2D eigenvalue weighted by Gasteiger charge is -2.29. The van der Waals surface area contributed by atoms with Crippen molar-refractivity contribution < 1.29 is 9.59 Å². The summed E-state index contributed by atoms with van der Waals surface area (Å²) >= 11 is 0. The summed E-state index contributed by atoms with van der Waals surface area (Å²) in [6, 6.07) is 21.5. The molecule has 5 heteroatoms. The minimum absolute atomic E-state index is 0.0277. The Balaban J connectivity index is 1.29. The van der Waals surface area contributed by atoms with Crippen molar-refractivity contribution in [3.63, 3.8) is 0 Å². The summed E-state index contributed by atoms with van der Waals surface area (Å²) in [4.78, 5) is 27.8. The molecule has 5 nitrogen and oxygen atoms in total. The van der Waals surface area contributed by atoms with Gasteiger partial charge in [-0.2, -0.15) is 0 Å². The molecule has 0 atom stereocenters. The Labute approximate surface area is 207 Å². The van der Waals surface area contributed by atoms with Crippen molar-refractivity contribution in [2.75, 3.05) is 29.9 Å². The SMILES string of the molecule is Cc1ccc(C(=O)Nc2cccc(N3CCCCC3)c2)cc1-c1ccc(C(=O)NCC2CC2)cc1. The Morgan fingerprint density at radius 1 is 0.857 bits per heavy atom. The molecule has 1 heterocycles. The highest BCUT2D eigenvalue weighted by atomic mass is 16.2. The van der Waals surface area contributed by atoms with E-state index in [1.807, 2.05) is 61.5 Å². The van der Waals surface area contributed by atoms with Crippen LogP contribution in [0.15, 0.2) is 66.7 Å². The summed E-state index contributed by atoms with van der Waals surface area (Å²) in [7, 11) is 0. The number of carbonyl (C=O) groups is 2. The van der Waals surface area contributed by atoms with E-state index in [9.17, 15) is 9.59 Å². The molecule has 5 rings (SSSR count). The van der Waals surface area contributed by atoms with Crippen molar-refractivity contribution in [1.29, 1.82) is 0 Å². The lowest BCUT2D eigenvalue weighted by molar-refractivity contribution is 0.0951. The molecule has 0 aromatic heterocycles. The standard InChI is InChI=1S/C30H33N3O2/c1-21-8-11-25(30(35)32-26-6-5-7-27(19-26)33-16-3-2-4-17-33)18-28(21)23-12-14-24(15-13-23)29(34)31-20-22-9-10-22/h5-8,11-15,18-19,22H,2-4,9-10,16-17,20H2,1H3,(H,31,34)(H,32,35). The van der Waals surface area contributed by atoms with Gasteiger partial charge in [0, 0.05) is 42.1 Å². The van der Waals surface area contributed by atoms with Crippen LogP contribution < -0.4 is 15.5 Å². The normalized spacial score (nSPS) is 15.5. The van der Waals surface area contributed by atoms with E-state index in [4.69, 9.17) is 0 Å². The van der Waals surface area contributed by atoms with Crippen LogP contribution in [0.5, 0.6) is 0 Å². The Morgan fingerprint density at radius 2 is 1.60 bits per heavy atom. The lowest BCUT2D eigenvalue weighted by Crippen LogP contribution is -2.29. The van der Waals surface area contributed by atoms with Crippen LogP contribution in [0.4, 0.5) is 11.4 Å². The Kier molecular flexibility index (Phi) is 6.84. The van der Waals surface area contributed by atoms with Crippen LogP contribution >= 0.6 is 0 Å². The zero-order valence-electron chi connectivity index (χ0n) is 20.3. The number of anilines is 2. The molecule has 0 unspecified atom stereocenters. The number of piperidine rings is 1. The second kappa shape index (κ2) is 10.3. The van der Waals surface area contributed by atoms with Crippen molar-refractivity contribution in [3.8, 4) is 11.1 Å². The summed E-state index contributed by atoms with van der Waals surface area (Å²) in [6.45, 7) is 4.94. The molecule has 2 fully saturated rings. The third kappa shape index (κ3) is 5.73. The van der Waals surface area contributed by atoms with Gasteiger partial charge in [-0.05, 0) is 104 Å². The first kappa shape index (κ1) is 23.2. The highest BCUT2D eigenvalue weighted by molar-refractivity contribution is 6.05. The number of nitrogens with one attached hydrogen (secondary N) is 2. The maximum Gasteiger partial charge on any atom is 0.255 e. The third-order valence-electron chi connectivity index (χ3n) is 7.03. The fourth-order valence-electron chi connectivity index (χ4n) is 4.67. The zero-order valence-corrected chi connectivity index (χ0v) is 20.3. The molecule has 3 aromatic rings. The zero-order chi connectivity index (χ0) is 24.2. The predicted molar refractivity (Wildman–Crippen MR) is 142 cm³/mol. The maximum absolute atomic E-state index is 13.1. The number of nitrogens with zero attached hydrogens (tertiary/aromatic N) is 1. The molecule has 3 aromatic carbocycles. The number of amides is 2. The van der Waals surface area contributed by atoms with Crippen molar-refractivity contribution in [2.45, 2.75) is 39.0 Å². The van der Waals surface area contributed by atoms with Gasteiger partial charge in [-0.25, -0.2) is 0 Å². The molecular formula is C30H33N3O2. The quantitative estimate of drug-likeness (QED) is 0.445. The molecular weight excluding hydrogens is 434 g/mol. The molecule has 35 heavy (non-hydrogen) atoms. The molecule has 1 aliphatic carbocycles. The largest absolute Gasteiger partial charge is 0.371 e. The second-order valence-corrected chi connectivity index (χ2v) is 9.81. The van der Waals surface area contributed by atoms with Crippen LogP contribution in [0, 0.1) is 12.8 Å². The van der Waals surface area contributed by atoms with E-state index in [0.717, 1.165) is 47.7 Å². The summed E-state index contributed by atoms with van der Waals surface area (Å²) in [5.41, 5.74) is 6.30. The van der Waals surface area contributed by atoms with E-state index < -0.39 is 0 Å². The maximum atomic E-state index is 13.1. The van der Waals surface area contributed by atoms with Crippen LogP contribution in [0.1, 0.15) is 58.4 Å². The van der Waals surface area contributed by atoms with Gasteiger partial charge in [0.1, 0.15) is 0 Å². The average Bonchev–Trinajstić information content (AvgIpc) is 3.73. The topological polar surface area (TPSA) is 61.4 Å². The Hall–Kier alpha value is -3.60. The van der Waals surface area contributed by atoms with Gasteiger partial charge >= 0.3 is 0 Å². The molecule has 1 saturated heterocycles. The first-order valence-electron chi connectivity index (χ1n) is 12.7. The lowest BCUT2D eigenvalue weighted by atomic mass is 9.97. The minimum Gasteiger partial charge on any atom is -0.371 e. The predicted octanol–water partition coefficient (Wildman–Crippen LogP) is 6.04. The summed E-state index contributed by atoms with van der Waals surface area (Å²) in [5, 5.41) is 6.08. The van der Waals surface area contributed by atoms with Gasteiger partial charge in [0.15, 0.2) is 0 Å². The van der Waals surface area contributed by atoms with Gasteiger partial charge in [0.25, 0.3) is 11.8 Å². The Morgan fingerprint density at radius 3 is 2.34 bits per heavy atom. The van der Waals surface area contributed by atoms with Gasteiger partial charge in [0.05, 0.1) is 0 Å². The van der Waals surface area contributed by atoms with Gasteiger partial charge in [-0.1, -0.05) is 24.3 Å². The fraction of sp³-hybridized carbons (Fsp3) is 0.333. The summed E-state index contributed by atoms with van der Waals surface area (Å²) in [5.74, 6) is 0.500. The molecule has 0 radical (unpaired) electrons. The van der Waals surface area contributed by atoms with E-state index >= 15 is 0 Å². The first-order chi connectivity index (χ1) is 17.1. The van der Waals surface area contributed by atoms with Crippen LogP contribution in [0.25, 0.3) is 11.1 Å². The highest BCUT2D eigenvalue weighted by Crippen LogP contribution is 2.28. The molecule has 1 aliphatic heterocycles. The Bertz CT molecular complexity index is 1210. The second-order valence-electron chi connectivity index (χ2n) is 9.81. The van der Waals surface area contributed by atoms with Crippen molar-refractivity contribution in [2.24, 2.45) is 5.92 Å². The molecule has 1 saturated carbocycles. The monoisotopic (exact) mass is 467 g/mol. The minimum atomic E-state index is -0.127. The van der Waals surface area contributed by atoms with E-state index in [0.29, 0.717) is 17.0 Å². The van der Waals surface area contributed by atoms with Crippen LogP contribution in [0.3, 0.4) is 0 Å². The van der Waals surface area contributed by atoms with Crippen LogP contribution in [-0.2, 0) is 0 Å². The van der Waals surface area contributed by atoms with Crippen molar-refractivity contribution in [1.82, 2.24) is 5.32 Å². The van der Waals surface area contributed by atoms with Gasteiger partial charge < -0.3 is 15.5 Å². The first-order valence-corrected chi connectivity index (χ1v) is 12.7. The van der Waals surface area contributed by atoms with Crippen LogP contribution in [0.2, 0.25) is 0 Å². The van der Waals surface area contributed by atoms with Crippen molar-refractivity contribution >= 4 is 23.2 Å². The van der Waals surface area contributed by atoms with Gasteiger partial charge in [0.2, 0.25) is 0 Å². The molecule has 180 valence electrons. The van der Waals surface area contributed by atoms with Gasteiger partial charge in [-0.3, -0.25) is 9.59 Å². The van der Waals surface area contributed by atoms with Crippen molar-refractivity contribution in [3.05, 3.63) is 83.4 Å². The van der Waals surface area contributed by atoms with Gasteiger partial charge in [-0.15, -0.1) is 0 Å². The van der Waals surface area contributed by atoms with E-state index in [-0.39, 0.29) is 11.8 Å². The van der Waals surface area contributed by atoms with E-state index in [1.165, 1.54) is 32.1 Å². The highest BCUT2D eigenvalue weighted by Gasteiger charge is 2.22. The van der Waals surface area contributed by atoms with E-state index in [2.05, 4.69) is 27.7 Å². The molecule has 0 bridgehead atoms. The van der Waals surface area contributed by atoms with E-state index in [1.54, 1.807) is 0 Å². The third-order valence-corrected chi connectivity index (χ3v) is 7.03. The number of hydrogen-bond acceptors (Lipinski definition) is 3. The fourth-order valence-corrected chi connectivity index (χ4v) is 4.67. The number of rotatable bonds is 7. The molecule has 2 N–H and O–H groups in total. The summed E-state index contributed by atoms with van der Waals surface area (Å²) in [6.07, 6.45) is 6.15. The molecule has 2 aliphatic rings. The number of benzene rings is 3. The number of carbonyl (C=O) groups excluding carboxylic acids is 2. The molecule has 2 amide bonds. The number of aryl methyl sites for hydroxylation is 1.